The van der Waals surface area contributed by atoms with Gasteiger partial charge in [0.15, 0.2) is 0 Å². The molecule has 0 aliphatic rings. The second-order valence-corrected chi connectivity index (χ2v) is 6.15. The van der Waals surface area contributed by atoms with Crippen LogP contribution in [-0.4, -0.2) is 10.2 Å². The van der Waals surface area contributed by atoms with E-state index in [0.29, 0.717) is 6.54 Å². The summed E-state index contributed by atoms with van der Waals surface area (Å²) in [7, 11) is 0. The van der Waals surface area contributed by atoms with E-state index in [2.05, 4.69) is 31.4 Å². The number of nitrogens with zero attached hydrogens (tertiary/aromatic N) is 1. The quantitative estimate of drug-likeness (QED) is 0.649. The molecule has 2 heterocycles. The van der Waals surface area contributed by atoms with Crippen molar-refractivity contribution >= 4 is 33.0 Å². The maximum Gasteiger partial charge on any atom is 0.149 e. The average molecular weight is 370 g/mol. The number of anilines is 1. The molecule has 0 aliphatic carbocycles. The molecule has 2 N–H and O–H groups in total. The normalized spacial score (nSPS) is 10.8. The third-order valence-electron chi connectivity index (χ3n) is 2.96. The number of hydrogen-bond acceptors (Lipinski definition) is 3. The molecule has 21 heavy (non-hydrogen) atoms. The number of aromatic amines is 1. The van der Waals surface area contributed by atoms with Crippen molar-refractivity contribution in [2.45, 2.75) is 6.54 Å². The summed E-state index contributed by atoms with van der Waals surface area (Å²) in [5.41, 5.74) is 2.05. The lowest BCUT2D eigenvalue weighted by Gasteiger charge is -2.08. The zero-order valence-corrected chi connectivity index (χ0v) is 13.1. The lowest BCUT2D eigenvalue weighted by molar-refractivity contribution is 0.580. The van der Waals surface area contributed by atoms with Gasteiger partial charge in [-0.05, 0) is 33.4 Å². The molecule has 0 radical (unpaired) electrons. The van der Waals surface area contributed by atoms with Crippen LogP contribution in [0.2, 0.25) is 0 Å². The van der Waals surface area contributed by atoms with Crippen LogP contribution in [-0.2, 0) is 6.54 Å². The molecule has 3 nitrogen and oxygen atoms in total. The Morgan fingerprint density at radius 3 is 2.90 bits per heavy atom. The van der Waals surface area contributed by atoms with Gasteiger partial charge in [0.25, 0.3) is 0 Å². The summed E-state index contributed by atoms with van der Waals surface area (Å²) in [6.45, 7) is 0.388. The van der Waals surface area contributed by atoms with Gasteiger partial charge >= 0.3 is 0 Å². The SMILES string of the molecule is Fc1cc(F)c(NCc2cn[nH]c2-c2cccs2)cc1Br. The standard InChI is InChI=1S/C14H10BrF2N3S/c15-9-4-12(11(17)5-10(9)16)18-6-8-7-19-20-14(8)13-2-1-3-21-13/h1-5,7,18H,6H2,(H,19,20). The summed E-state index contributed by atoms with van der Waals surface area (Å²) in [6, 6.07) is 6.17. The molecule has 0 aliphatic heterocycles. The maximum absolute atomic E-state index is 13.7. The van der Waals surface area contributed by atoms with E-state index >= 15 is 0 Å². The van der Waals surface area contributed by atoms with Gasteiger partial charge in [0.2, 0.25) is 0 Å². The molecule has 3 aromatic rings. The highest BCUT2D eigenvalue weighted by molar-refractivity contribution is 9.10. The van der Waals surface area contributed by atoms with Crippen molar-refractivity contribution in [1.29, 1.82) is 0 Å². The van der Waals surface area contributed by atoms with Gasteiger partial charge in [-0.3, -0.25) is 5.10 Å². The molecule has 0 unspecified atom stereocenters. The van der Waals surface area contributed by atoms with Gasteiger partial charge < -0.3 is 5.32 Å². The Morgan fingerprint density at radius 2 is 2.14 bits per heavy atom. The first-order chi connectivity index (χ1) is 10.1. The predicted molar refractivity (Wildman–Crippen MR) is 83.3 cm³/mol. The van der Waals surface area contributed by atoms with E-state index in [4.69, 9.17) is 0 Å². The van der Waals surface area contributed by atoms with Crippen molar-refractivity contribution in [2.75, 3.05) is 5.32 Å². The number of aromatic nitrogens is 2. The molecular weight excluding hydrogens is 360 g/mol. The van der Waals surface area contributed by atoms with Crippen LogP contribution in [0.5, 0.6) is 0 Å². The summed E-state index contributed by atoms with van der Waals surface area (Å²) < 4.78 is 27.1. The third-order valence-corrected chi connectivity index (χ3v) is 4.46. The van der Waals surface area contributed by atoms with Gasteiger partial charge in [-0.25, -0.2) is 8.78 Å². The molecule has 2 aromatic heterocycles. The number of hydrogen-bond donors (Lipinski definition) is 2. The van der Waals surface area contributed by atoms with Gasteiger partial charge in [-0.1, -0.05) is 6.07 Å². The molecule has 0 saturated heterocycles. The second kappa shape index (κ2) is 5.95. The first kappa shape index (κ1) is 14.2. The summed E-state index contributed by atoms with van der Waals surface area (Å²) in [5.74, 6) is -1.25. The Kier molecular flexibility index (Phi) is 4.03. The van der Waals surface area contributed by atoms with Crippen molar-refractivity contribution in [2.24, 2.45) is 0 Å². The van der Waals surface area contributed by atoms with E-state index in [1.54, 1.807) is 17.5 Å². The molecule has 7 heteroatoms. The largest absolute Gasteiger partial charge is 0.378 e. The highest BCUT2D eigenvalue weighted by Gasteiger charge is 2.11. The van der Waals surface area contributed by atoms with Crippen LogP contribution >= 0.6 is 27.3 Å². The Bertz CT molecular complexity index is 756. The Balaban J connectivity index is 1.80. The molecule has 1 aromatic carbocycles. The van der Waals surface area contributed by atoms with Crippen LogP contribution in [0.25, 0.3) is 10.6 Å². The third kappa shape index (κ3) is 2.98. The fourth-order valence-corrected chi connectivity index (χ4v) is 3.03. The van der Waals surface area contributed by atoms with Crippen molar-refractivity contribution in [3.05, 3.63) is 57.5 Å². The van der Waals surface area contributed by atoms with Crippen LogP contribution in [0.3, 0.4) is 0 Å². The molecule has 0 saturated carbocycles. The van der Waals surface area contributed by atoms with Gasteiger partial charge in [-0.2, -0.15) is 5.10 Å². The van der Waals surface area contributed by atoms with Crippen LogP contribution in [0, 0.1) is 11.6 Å². The van der Waals surface area contributed by atoms with Gasteiger partial charge in [0.1, 0.15) is 11.6 Å². The molecule has 0 spiro atoms. The van der Waals surface area contributed by atoms with Crippen LogP contribution in [0.15, 0.2) is 40.3 Å². The highest BCUT2D eigenvalue weighted by atomic mass is 79.9. The number of thiophene rings is 1. The molecule has 0 atom stereocenters. The van der Waals surface area contributed by atoms with Gasteiger partial charge in [-0.15, -0.1) is 11.3 Å². The number of rotatable bonds is 4. The van der Waals surface area contributed by atoms with Crippen LogP contribution in [0.1, 0.15) is 5.56 Å². The van der Waals surface area contributed by atoms with Crippen LogP contribution < -0.4 is 5.32 Å². The van der Waals surface area contributed by atoms with Crippen molar-refractivity contribution in [3.63, 3.8) is 0 Å². The molecular formula is C14H10BrF2N3S. The maximum atomic E-state index is 13.7. The first-order valence-electron chi connectivity index (χ1n) is 6.09. The number of H-pyrrole nitrogens is 1. The van der Waals surface area contributed by atoms with E-state index in [-0.39, 0.29) is 10.2 Å². The molecule has 0 fully saturated rings. The summed E-state index contributed by atoms with van der Waals surface area (Å²) in [6.07, 6.45) is 1.69. The second-order valence-electron chi connectivity index (χ2n) is 4.35. The lowest BCUT2D eigenvalue weighted by atomic mass is 10.2. The summed E-state index contributed by atoms with van der Waals surface area (Å²) in [5, 5.41) is 11.9. The minimum absolute atomic E-state index is 0.220. The minimum Gasteiger partial charge on any atom is -0.378 e. The zero-order valence-electron chi connectivity index (χ0n) is 10.7. The lowest BCUT2D eigenvalue weighted by Crippen LogP contribution is -2.02. The molecule has 0 bridgehead atoms. The number of nitrogens with one attached hydrogen (secondary N) is 2. The summed E-state index contributed by atoms with van der Waals surface area (Å²) in [4.78, 5) is 1.06. The van der Waals surface area contributed by atoms with E-state index in [1.807, 2.05) is 17.5 Å². The fraction of sp³-hybridized carbons (Fsp3) is 0.0714. The Morgan fingerprint density at radius 1 is 1.29 bits per heavy atom. The fourth-order valence-electron chi connectivity index (χ4n) is 1.93. The Hall–Kier alpha value is -1.73. The van der Waals surface area contributed by atoms with E-state index in [1.165, 1.54) is 6.07 Å². The van der Waals surface area contributed by atoms with Crippen molar-refractivity contribution in [1.82, 2.24) is 10.2 Å². The average Bonchev–Trinajstić information content (AvgIpc) is 3.11. The van der Waals surface area contributed by atoms with E-state index in [0.717, 1.165) is 22.2 Å². The summed E-state index contributed by atoms with van der Waals surface area (Å²) >= 11 is 4.64. The number of benzene rings is 1. The molecule has 108 valence electrons. The van der Waals surface area contributed by atoms with Gasteiger partial charge in [0.05, 0.1) is 26.9 Å². The topological polar surface area (TPSA) is 40.7 Å². The number of halogens is 3. The van der Waals surface area contributed by atoms with E-state index < -0.39 is 11.6 Å². The minimum atomic E-state index is -0.628. The Labute approximate surface area is 132 Å². The molecule has 3 rings (SSSR count). The highest BCUT2D eigenvalue weighted by Crippen LogP contribution is 2.28. The smallest absolute Gasteiger partial charge is 0.149 e. The van der Waals surface area contributed by atoms with E-state index in [9.17, 15) is 8.78 Å². The monoisotopic (exact) mass is 369 g/mol. The van der Waals surface area contributed by atoms with Gasteiger partial charge in [0, 0.05) is 18.2 Å². The molecule has 0 amide bonds. The predicted octanol–water partition coefficient (Wildman–Crippen LogP) is 4.79. The first-order valence-corrected chi connectivity index (χ1v) is 7.77. The zero-order chi connectivity index (χ0) is 14.8. The van der Waals surface area contributed by atoms with Crippen LogP contribution in [0.4, 0.5) is 14.5 Å². The van der Waals surface area contributed by atoms with Crippen molar-refractivity contribution in [3.8, 4) is 10.6 Å². The van der Waals surface area contributed by atoms with Crippen molar-refractivity contribution < 1.29 is 8.78 Å².